The van der Waals surface area contributed by atoms with E-state index in [-0.39, 0.29) is 11.4 Å². The normalized spacial score (nSPS) is 14.5. The van der Waals surface area contributed by atoms with Gasteiger partial charge in [0, 0.05) is 12.0 Å². The van der Waals surface area contributed by atoms with Crippen molar-refractivity contribution in [3.63, 3.8) is 0 Å². The molecule has 5 nitrogen and oxygen atoms in total. The maximum Gasteiger partial charge on any atom is 0.319 e. The number of benzene rings is 2. The summed E-state index contributed by atoms with van der Waals surface area (Å²) in [5.74, 6) is 1.49. The number of amides is 2. The number of urea groups is 1. The predicted molar refractivity (Wildman–Crippen MR) is 98.7 cm³/mol. The fraction of sp³-hybridized carbons (Fsp3) is 0.350. The van der Waals surface area contributed by atoms with Crippen molar-refractivity contribution in [2.24, 2.45) is 0 Å². The number of carbonyl (C=O) groups is 1. The van der Waals surface area contributed by atoms with Crippen LogP contribution in [-0.2, 0) is 5.41 Å². The molecule has 0 saturated heterocycles. The zero-order valence-corrected chi connectivity index (χ0v) is 14.9. The number of ether oxygens (including phenoxy) is 2. The molecule has 0 unspecified atom stereocenters. The van der Waals surface area contributed by atoms with Gasteiger partial charge in [-0.05, 0) is 55.2 Å². The number of aryl methyl sites for hydroxylation is 1. The molecule has 3 rings (SSSR count). The van der Waals surface area contributed by atoms with E-state index in [2.05, 4.69) is 22.8 Å². The number of methoxy groups -OCH3 is 2. The number of carbonyl (C=O) groups excluding carboxylic acids is 1. The summed E-state index contributed by atoms with van der Waals surface area (Å²) in [5, 5.41) is 5.87. The molecule has 1 saturated carbocycles. The minimum atomic E-state index is -0.219. The van der Waals surface area contributed by atoms with Crippen molar-refractivity contribution in [1.82, 2.24) is 5.32 Å². The molecule has 0 atom stereocenters. The van der Waals surface area contributed by atoms with Crippen LogP contribution in [-0.4, -0.2) is 26.8 Å². The lowest BCUT2D eigenvalue weighted by Gasteiger charge is -2.18. The Hall–Kier alpha value is -2.69. The van der Waals surface area contributed by atoms with Gasteiger partial charge in [-0.25, -0.2) is 4.79 Å². The number of nitrogens with one attached hydrogen (secondary N) is 2. The van der Waals surface area contributed by atoms with Crippen molar-refractivity contribution in [2.75, 3.05) is 26.1 Å². The quantitative estimate of drug-likeness (QED) is 0.839. The lowest BCUT2D eigenvalue weighted by Crippen LogP contribution is -2.35. The molecule has 25 heavy (non-hydrogen) atoms. The molecule has 2 aromatic carbocycles. The van der Waals surface area contributed by atoms with Gasteiger partial charge in [0.05, 0.1) is 19.9 Å². The minimum absolute atomic E-state index is 0.0420. The average Bonchev–Trinajstić information content (AvgIpc) is 3.41. The first-order chi connectivity index (χ1) is 12.1. The number of hydrogen-bond acceptors (Lipinski definition) is 3. The molecule has 1 aliphatic carbocycles. The van der Waals surface area contributed by atoms with Crippen molar-refractivity contribution < 1.29 is 14.3 Å². The number of hydrogen-bond donors (Lipinski definition) is 2. The van der Waals surface area contributed by atoms with Crippen molar-refractivity contribution in [3.8, 4) is 11.5 Å². The van der Waals surface area contributed by atoms with Gasteiger partial charge in [0.2, 0.25) is 0 Å². The zero-order chi connectivity index (χ0) is 17.9. The van der Waals surface area contributed by atoms with Gasteiger partial charge in [-0.2, -0.15) is 0 Å². The molecule has 0 heterocycles. The second-order valence-electron chi connectivity index (χ2n) is 6.52. The van der Waals surface area contributed by atoms with Crippen LogP contribution in [0.1, 0.15) is 24.0 Å². The Labute approximate surface area is 148 Å². The highest BCUT2D eigenvalue weighted by Gasteiger charge is 2.44. The predicted octanol–water partition coefficient (Wildman–Crippen LogP) is 3.87. The summed E-state index contributed by atoms with van der Waals surface area (Å²) < 4.78 is 10.5. The van der Waals surface area contributed by atoms with Crippen LogP contribution in [0.5, 0.6) is 11.5 Å². The van der Waals surface area contributed by atoms with E-state index in [1.807, 2.05) is 37.3 Å². The monoisotopic (exact) mass is 340 g/mol. The van der Waals surface area contributed by atoms with Crippen molar-refractivity contribution in [2.45, 2.75) is 25.2 Å². The van der Waals surface area contributed by atoms with Gasteiger partial charge in [-0.3, -0.25) is 0 Å². The van der Waals surface area contributed by atoms with Gasteiger partial charge in [0.15, 0.2) is 0 Å². The maximum atomic E-state index is 12.3. The van der Waals surface area contributed by atoms with Crippen LogP contribution in [0.25, 0.3) is 0 Å². The molecule has 0 aromatic heterocycles. The molecule has 1 aliphatic rings. The average molecular weight is 340 g/mol. The fourth-order valence-electron chi connectivity index (χ4n) is 3.00. The van der Waals surface area contributed by atoms with Gasteiger partial charge >= 0.3 is 6.03 Å². The van der Waals surface area contributed by atoms with E-state index in [9.17, 15) is 4.79 Å². The Kier molecular flexibility index (Phi) is 4.83. The lowest BCUT2D eigenvalue weighted by molar-refractivity contribution is 0.251. The maximum absolute atomic E-state index is 12.3. The van der Waals surface area contributed by atoms with Gasteiger partial charge in [0.25, 0.3) is 0 Å². The summed E-state index contributed by atoms with van der Waals surface area (Å²) in [6, 6.07) is 13.6. The molecule has 2 N–H and O–H groups in total. The van der Waals surface area contributed by atoms with E-state index in [4.69, 9.17) is 9.47 Å². The first-order valence-corrected chi connectivity index (χ1v) is 8.40. The van der Waals surface area contributed by atoms with Crippen LogP contribution in [0.15, 0.2) is 42.5 Å². The van der Waals surface area contributed by atoms with Crippen LogP contribution >= 0.6 is 0 Å². The van der Waals surface area contributed by atoms with Gasteiger partial charge in [0.1, 0.15) is 11.5 Å². The second kappa shape index (κ2) is 7.05. The van der Waals surface area contributed by atoms with Crippen LogP contribution in [0.2, 0.25) is 0 Å². The Bertz CT molecular complexity index is 752. The van der Waals surface area contributed by atoms with E-state index < -0.39 is 0 Å². The van der Waals surface area contributed by atoms with Crippen molar-refractivity contribution in [1.29, 1.82) is 0 Å². The molecular weight excluding hydrogens is 316 g/mol. The highest BCUT2D eigenvalue weighted by Crippen LogP contribution is 2.47. The molecule has 0 radical (unpaired) electrons. The van der Waals surface area contributed by atoms with E-state index >= 15 is 0 Å². The summed E-state index contributed by atoms with van der Waals surface area (Å²) in [4.78, 5) is 12.3. The Morgan fingerprint density at radius 1 is 1.08 bits per heavy atom. The highest BCUT2D eigenvalue weighted by molar-refractivity contribution is 5.91. The Balaban J connectivity index is 1.61. The van der Waals surface area contributed by atoms with Gasteiger partial charge in [-0.1, -0.05) is 18.2 Å². The zero-order valence-electron chi connectivity index (χ0n) is 14.9. The van der Waals surface area contributed by atoms with Crippen LogP contribution in [0.3, 0.4) is 0 Å². The third kappa shape index (κ3) is 3.87. The Morgan fingerprint density at radius 2 is 1.80 bits per heavy atom. The fourth-order valence-corrected chi connectivity index (χ4v) is 3.00. The Morgan fingerprint density at radius 3 is 2.40 bits per heavy atom. The van der Waals surface area contributed by atoms with E-state index in [1.165, 1.54) is 5.56 Å². The smallest absolute Gasteiger partial charge is 0.319 e. The van der Waals surface area contributed by atoms with Crippen LogP contribution in [0.4, 0.5) is 10.5 Å². The topological polar surface area (TPSA) is 59.6 Å². The van der Waals surface area contributed by atoms with Crippen LogP contribution in [0, 0.1) is 6.92 Å². The van der Waals surface area contributed by atoms with E-state index in [0.717, 1.165) is 24.2 Å². The first kappa shape index (κ1) is 17.1. The molecular formula is C20H24N2O3. The van der Waals surface area contributed by atoms with Crippen LogP contribution < -0.4 is 20.1 Å². The SMILES string of the molecule is COc1ccc(C2(CNC(=O)Nc3cc(C)ccc3OC)CC2)cc1. The van der Waals surface area contributed by atoms with Crippen molar-refractivity contribution >= 4 is 11.7 Å². The molecule has 0 aliphatic heterocycles. The number of anilines is 1. The lowest BCUT2D eigenvalue weighted by atomic mass is 9.96. The van der Waals surface area contributed by atoms with Gasteiger partial charge < -0.3 is 20.1 Å². The molecule has 2 amide bonds. The minimum Gasteiger partial charge on any atom is -0.497 e. The molecule has 2 aromatic rings. The molecule has 5 heteroatoms. The number of rotatable bonds is 6. The largest absolute Gasteiger partial charge is 0.497 e. The summed E-state index contributed by atoms with van der Waals surface area (Å²) in [6.45, 7) is 2.59. The van der Waals surface area contributed by atoms with E-state index in [1.54, 1.807) is 14.2 Å². The highest BCUT2D eigenvalue weighted by atomic mass is 16.5. The molecule has 0 bridgehead atoms. The third-order valence-corrected chi connectivity index (χ3v) is 4.75. The first-order valence-electron chi connectivity index (χ1n) is 8.40. The standard InChI is InChI=1S/C20H24N2O3/c1-14-4-9-18(25-3)17(12-14)22-19(23)21-13-20(10-11-20)15-5-7-16(24-2)8-6-15/h4-9,12H,10-11,13H2,1-3H3,(H2,21,22,23). The summed E-state index contributed by atoms with van der Waals surface area (Å²) in [5.41, 5.74) is 3.02. The third-order valence-electron chi connectivity index (χ3n) is 4.75. The second-order valence-corrected chi connectivity index (χ2v) is 6.52. The molecule has 0 spiro atoms. The molecule has 132 valence electrons. The summed E-state index contributed by atoms with van der Waals surface area (Å²) in [6.07, 6.45) is 2.15. The summed E-state index contributed by atoms with van der Waals surface area (Å²) >= 11 is 0. The van der Waals surface area contributed by atoms with Gasteiger partial charge in [-0.15, -0.1) is 0 Å². The van der Waals surface area contributed by atoms with Crippen molar-refractivity contribution in [3.05, 3.63) is 53.6 Å². The molecule has 1 fully saturated rings. The summed E-state index contributed by atoms with van der Waals surface area (Å²) in [7, 11) is 3.25. The van der Waals surface area contributed by atoms with E-state index in [0.29, 0.717) is 18.0 Å².